The van der Waals surface area contributed by atoms with Crippen molar-refractivity contribution in [3.05, 3.63) is 11.8 Å². The molecule has 2 unspecified atom stereocenters. The maximum Gasteiger partial charge on any atom is 0.230 e. The summed E-state index contributed by atoms with van der Waals surface area (Å²) in [6.45, 7) is 8.26. The van der Waals surface area contributed by atoms with Crippen LogP contribution < -0.4 is 4.72 Å². The van der Waals surface area contributed by atoms with Crippen LogP contribution in [0.1, 0.15) is 32.6 Å². The first-order chi connectivity index (χ1) is 9.78. The molecule has 0 radical (unpaired) electrons. The van der Waals surface area contributed by atoms with E-state index < -0.39 is 10.0 Å². The van der Waals surface area contributed by atoms with Crippen LogP contribution in [0, 0.1) is 11.8 Å². The summed E-state index contributed by atoms with van der Waals surface area (Å²) in [6, 6.07) is -0.0615. The number of rotatable bonds is 6. The van der Waals surface area contributed by atoms with Crippen LogP contribution in [-0.2, 0) is 23.0 Å². The van der Waals surface area contributed by atoms with Crippen molar-refractivity contribution in [1.82, 2.24) is 19.8 Å². The van der Waals surface area contributed by atoms with Gasteiger partial charge in [-0.3, -0.25) is 4.90 Å². The molecule has 0 amide bonds. The number of hydrogen-bond acceptors (Lipinski definition) is 6. The number of aromatic nitrogens is 2. The Hall–Kier alpha value is -0.990. The molecule has 1 N–H and O–H groups in total. The van der Waals surface area contributed by atoms with Crippen LogP contribution in [-0.4, -0.2) is 48.9 Å². The second-order valence-electron chi connectivity index (χ2n) is 6.04. The van der Waals surface area contributed by atoms with Crippen molar-refractivity contribution in [3.63, 3.8) is 0 Å². The van der Waals surface area contributed by atoms with E-state index in [-0.39, 0.29) is 12.0 Å². The van der Waals surface area contributed by atoms with Crippen LogP contribution in [0.15, 0.2) is 4.42 Å². The Morgan fingerprint density at radius 3 is 2.52 bits per heavy atom. The fraction of sp³-hybridized carbons (Fsp3) is 0.846. The first-order valence-corrected chi connectivity index (χ1v) is 9.18. The van der Waals surface area contributed by atoms with Gasteiger partial charge in [-0.1, -0.05) is 20.8 Å². The lowest BCUT2D eigenvalue weighted by molar-refractivity contribution is 0.265. The van der Waals surface area contributed by atoms with E-state index in [0.29, 0.717) is 30.8 Å². The van der Waals surface area contributed by atoms with Crippen LogP contribution in [0.4, 0.5) is 0 Å². The van der Waals surface area contributed by atoms with Crippen LogP contribution in [0.5, 0.6) is 0 Å². The van der Waals surface area contributed by atoms with Crippen molar-refractivity contribution in [1.29, 1.82) is 0 Å². The third-order valence-corrected chi connectivity index (χ3v) is 4.56. The number of nitrogens with one attached hydrogen (secondary N) is 1. The quantitative estimate of drug-likeness (QED) is 0.828. The molecule has 0 aromatic carbocycles. The second-order valence-corrected chi connectivity index (χ2v) is 7.82. The van der Waals surface area contributed by atoms with Crippen molar-refractivity contribution in [2.75, 3.05) is 19.3 Å². The molecule has 1 aromatic heterocycles. The predicted molar refractivity (Wildman–Crippen MR) is 79.0 cm³/mol. The maximum absolute atomic E-state index is 11.5. The molecule has 8 heteroatoms. The smallest absolute Gasteiger partial charge is 0.230 e. The van der Waals surface area contributed by atoms with Gasteiger partial charge in [0.05, 0.1) is 12.8 Å². The van der Waals surface area contributed by atoms with E-state index in [2.05, 4.69) is 33.7 Å². The lowest BCUT2D eigenvalue weighted by Crippen LogP contribution is -2.41. The third-order valence-electron chi connectivity index (χ3n) is 3.83. The highest BCUT2D eigenvalue weighted by molar-refractivity contribution is 7.88. The van der Waals surface area contributed by atoms with Crippen molar-refractivity contribution in [2.24, 2.45) is 11.8 Å². The number of nitrogens with zero attached hydrogens (tertiary/aromatic N) is 3. The molecular weight excluding hydrogens is 292 g/mol. The largest absolute Gasteiger partial charge is 0.424 e. The monoisotopic (exact) mass is 316 g/mol. The van der Waals surface area contributed by atoms with Gasteiger partial charge < -0.3 is 4.42 Å². The second kappa shape index (κ2) is 6.41. The van der Waals surface area contributed by atoms with E-state index >= 15 is 0 Å². The third kappa shape index (κ3) is 4.49. The average molecular weight is 316 g/mol. The fourth-order valence-corrected chi connectivity index (χ4v) is 3.60. The number of likely N-dealkylation sites (tertiary alicyclic amines) is 1. The van der Waals surface area contributed by atoms with E-state index in [9.17, 15) is 8.42 Å². The minimum absolute atomic E-state index is 0.0615. The Morgan fingerprint density at radius 1 is 1.33 bits per heavy atom. The summed E-state index contributed by atoms with van der Waals surface area (Å²) in [7, 11) is -3.20. The molecule has 0 bridgehead atoms. The Balaban J connectivity index is 2.02. The van der Waals surface area contributed by atoms with Crippen LogP contribution in [0.25, 0.3) is 0 Å². The zero-order chi connectivity index (χ0) is 15.6. The number of hydrogen-bond donors (Lipinski definition) is 1. The highest BCUT2D eigenvalue weighted by atomic mass is 32.2. The molecule has 120 valence electrons. The van der Waals surface area contributed by atoms with Crippen molar-refractivity contribution < 1.29 is 12.8 Å². The highest BCUT2D eigenvalue weighted by Crippen LogP contribution is 2.26. The summed E-state index contributed by atoms with van der Waals surface area (Å²) in [5.74, 6) is 1.92. The van der Waals surface area contributed by atoms with E-state index in [1.54, 1.807) is 0 Å². The van der Waals surface area contributed by atoms with Crippen LogP contribution in [0.2, 0.25) is 0 Å². The Bertz CT molecular complexity index is 570. The normalized spacial score (nSPS) is 24.0. The first-order valence-electron chi connectivity index (χ1n) is 7.29. The van der Waals surface area contributed by atoms with Gasteiger partial charge in [0.1, 0.15) is 0 Å². The van der Waals surface area contributed by atoms with Crippen molar-refractivity contribution in [2.45, 2.75) is 39.8 Å². The molecule has 0 aliphatic carbocycles. The summed E-state index contributed by atoms with van der Waals surface area (Å²) >= 11 is 0. The first kappa shape index (κ1) is 16.4. The zero-order valence-electron chi connectivity index (χ0n) is 13.0. The Labute approximate surface area is 126 Å². The van der Waals surface area contributed by atoms with E-state index in [1.165, 1.54) is 6.26 Å². The maximum atomic E-state index is 11.5. The van der Waals surface area contributed by atoms with Gasteiger partial charge in [0.25, 0.3) is 0 Å². The van der Waals surface area contributed by atoms with Gasteiger partial charge >= 0.3 is 0 Å². The highest BCUT2D eigenvalue weighted by Gasteiger charge is 2.36. The summed E-state index contributed by atoms with van der Waals surface area (Å²) in [5.41, 5.74) is 0. The molecule has 0 saturated carbocycles. The molecule has 2 heterocycles. The standard InChI is InChI=1S/C13H24N4O3S/c1-5-12-14-15-13(20-12)8-17-6-10(9(2)3)11(7-17)16-21(4,18)19/h9-11,16H,5-8H2,1-4H3. The minimum atomic E-state index is -3.20. The molecule has 2 rings (SSSR count). The Morgan fingerprint density at radius 2 is 2.00 bits per heavy atom. The molecule has 7 nitrogen and oxygen atoms in total. The Kier molecular flexibility index (Phi) is 5.00. The lowest BCUT2D eigenvalue weighted by Gasteiger charge is -2.21. The summed E-state index contributed by atoms with van der Waals surface area (Å²) in [5, 5.41) is 7.98. The van der Waals surface area contributed by atoms with E-state index in [1.807, 2.05) is 6.92 Å². The molecule has 1 aromatic rings. The molecule has 1 fully saturated rings. The van der Waals surface area contributed by atoms with Crippen molar-refractivity contribution >= 4 is 10.0 Å². The molecule has 1 saturated heterocycles. The SMILES string of the molecule is CCc1nnc(CN2CC(NS(C)(=O)=O)C(C(C)C)C2)o1. The van der Waals surface area contributed by atoms with Gasteiger partial charge in [0.2, 0.25) is 21.8 Å². The fourth-order valence-electron chi connectivity index (χ4n) is 2.80. The summed E-state index contributed by atoms with van der Waals surface area (Å²) < 4.78 is 31.3. The molecule has 1 aliphatic rings. The molecule has 2 atom stereocenters. The number of sulfonamides is 1. The average Bonchev–Trinajstić information content (AvgIpc) is 2.94. The lowest BCUT2D eigenvalue weighted by atomic mass is 9.92. The van der Waals surface area contributed by atoms with Gasteiger partial charge in [0.15, 0.2) is 0 Å². The topological polar surface area (TPSA) is 88.3 Å². The van der Waals surface area contributed by atoms with Gasteiger partial charge in [-0.15, -0.1) is 10.2 Å². The van der Waals surface area contributed by atoms with Crippen LogP contribution >= 0.6 is 0 Å². The molecular formula is C13H24N4O3S. The summed E-state index contributed by atoms with van der Waals surface area (Å²) in [4.78, 5) is 2.17. The molecule has 0 spiro atoms. The summed E-state index contributed by atoms with van der Waals surface area (Å²) in [6.07, 6.45) is 1.93. The number of aryl methyl sites for hydroxylation is 1. The zero-order valence-corrected chi connectivity index (χ0v) is 13.9. The van der Waals surface area contributed by atoms with Crippen LogP contribution in [0.3, 0.4) is 0 Å². The van der Waals surface area contributed by atoms with E-state index in [4.69, 9.17) is 4.42 Å². The molecule has 1 aliphatic heterocycles. The van der Waals surface area contributed by atoms with Gasteiger partial charge in [-0.25, -0.2) is 13.1 Å². The van der Waals surface area contributed by atoms with E-state index in [0.717, 1.165) is 13.0 Å². The van der Waals surface area contributed by atoms with Gasteiger partial charge in [-0.2, -0.15) is 0 Å². The minimum Gasteiger partial charge on any atom is -0.424 e. The predicted octanol–water partition coefficient (Wildman–Crippen LogP) is 0.638. The van der Waals surface area contributed by atoms with Gasteiger partial charge in [0, 0.05) is 25.6 Å². The molecule has 21 heavy (non-hydrogen) atoms. The van der Waals surface area contributed by atoms with Crippen molar-refractivity contribution in [3.8, 4) is 0 Å². The van der Waals surface area contributed by atoms with Gasteiger partial charge in [-0.05, 0) is 11.8 Å².